The number of ether oxygens (including phenoxy) is 1. The Hall–Kier alpha value is -3.90. The molecule has 2 heterocycles. The van der Waals surface area contributed by atoms with Crippen LogP contribution in [-0.2, 0) is 30.8 Å². The molecule has 1 aromatic heterocycles. The molecule has 0 spiro atoms. The van der Waals surface area contributed by atoms with Crippen LogP contribution in [0.1, 0.15) is 54.3 Å². The van der Waals surface area contributed by atoms with Crippen LogP contribution in [0.25, 0.3) is 5.69 Å². The molecule has 0 radical (unpaired) electrons. The average Bonchev–Trinajstić information content (AvgIpc) is 3.35. The van der Waals surface area contributed by atoms with E-state index >= 15 is 0 Å². The summed E-state index contributed by atoms with van der Waals surface area (Å²) >= 11 is 0. The highest BCUT2D eigenvalue weighted by Crippen LogP contribution is 2.29. The van der Waals surface area contributed by atoms with Crippen LogP contribution in [0.15, 0.2) is 84.9 Å². The molecule has 1 unspecified atom stereocenters. The van der Waals surface area contributed by atoms with Crippen molar-refractivity contribution in [3.8, 4) is 11.4 Å². The summed E-state index contributed by atoms with van der Waals surface area (Å²) in [6.45, 7) is 7.94. The Labute approximate surface area is 231 Å². The second-order valence-electron chi connectivity index (χ2n) is 10.2. The van der Waals surface area contributed by atoms with Crippen molar-refractivity contribution in [3.05, 3.63) is 113 Å². The van der Waals surface area contributed by atoms with Gasteiger partial charge in [-0.1, -0.05) is 67.6 Å². The zero-order chi connectivity index (χ0) is 27.2. The van der Waals surface area contributed by atoms with Gasteiger partial charge in [-0.15, -0.1) is 0 Å². The summed E-state index contributed by atoms with van der Waals surface area (Å²) in [5.41, 5.74) is 6.89. The van der Waals surface area contributed by atoms with Crippen LogP contribution in [0.2, 0.25) is 0 Å². The Balaban J connectivity index is 1.43. The van der Waals surface area contributed by atoms with Gasteiger partial charge in [0.1, 0.15) is 5.75 Å². The number of hydrogen-bond donors (Lipinski definition) is 0. The van der Waals surface area contributed by atoms with Gasteiger partial charge in [0.05, 0.1) is 36.6 Å². The average molecular weight is 523 g/mol. The van der Waals surface area contributed by atoms with E-state index in [1.165, 1.54) is 16.8 Å². The quantitative estimate of drug-likeness (QED) is 0.257. The first-order valence-electron chi connectivity index (χ1n) is 13.9. The summed E-state index contributed by atoms with van der Waals surface area (Å²) in [7, 11) is 1.69. The van der Waals surface area contributed by atoms with Crippen molar-refractivity contribution in [1.82, 2.24) is 19.6 Å². The van der Waals surface area contributed by atoms with E-state index in [0.717, 1.165) is 55.2 Å². The zero-order valence-corrected chi connectivity index (χ0v) is 23.2. The zero-order valence-electron chi connectivity index (χ0n) is 23.2. The molecule has 39 heavy (non-hydrogen) atoms. The Morgan fingerprint density at radius 2 is 1.67 bits per heavy atom. The Morgan fingerprint density at radius 3 is 2.31 bits per heavy atom. The number of rotatable bonds is 10. The number of benzene rings is 3. The first kappa shape index (κ1) is 26.7. The molecule has 6 heteroatoms. The van der Waals surface area contributed by atoms with Gasteiger partial charge in [0.15, 0.2) is 0 Å². The number of methoxy groups -OCH3 is 1. The van der Waals surface area contributed by atoms with Gasteiger partial charge in [-0.3, -0.25) is 9.69 Å². The lowest BCUT2D eigenvalue weighted by atomic mass is 9.94. The van der Waals surface area contributed by atoms with Crippen LogP contribution in [0.5, 0.6) is 5.75 Å². The van der Waals surface area contributed by atoms with Gasteiger partial charge in [0, 0.05) is 38.2 Å². The van der Waals surface area contributed by atoms with Gasteiger partial charge < -0.3 is 9.64 Å². The summed E-state index contributed by atoms with van der Waals surface area (Å²) in [5, 5.41) is 5.13. The molecule has 0 aliphatic carbocycles. The maximum Gasteiger partial charge on any atom is 0.230 e. The number of para-hydroxylation sites is 1. The third-order valence-electron chi connectivity index (χ3n) is 7.73. The maximum absolute atomic E-state index is 13.8. The largest absolute Gasteiger partial charge is 0.497 e. The Morgan fingerprint density at radius 1 is 0.974 bits per heavy atom. The Kier molecular flexibility index (Phi) is 8.42. The molecular weight excluding hydrogens is 484 g/mol. The van der Waals surface area contributed by atoms with E-state index in [0.29, 0.717) is 13.1 Å². The van der Waals surface area contributed by atoms with E-state index in [2.05, 4.69) is 72.0 Å². The lowest BCUT2D eigenvalue weighted by Gasteiger charge is -2.29. The highest BCUT2D eigenvalue weighted by molar-refractivity contribution is 5.83. The summed E-state index contributed by atoms with van der Waals surface area (Å²) in [6, 6.07) is 28.8. The van der Waals surface area contributed by atoms with Gasteiger partial charge in [0.2, 0.25) is 5.91 Å². The van der Waals surface area contributed by atoms with E-state index in [1.54, 1.807) is 7.11 Å². The standard InChI is InChI=1S/C33H38N4O2/c1-4-29(26-12-8-6-9-13-26)33(38)36(5-2)24-31-30-23-35(22-25-16-18-28(39-3)19-17-25)21-20-32(30)37(34-31)27-14-10-7-11-15-27/h6-19,29H,4-5,20-24H2,1-3H3. The van der Waals surface area contributed by atoms with Crippen LogP contribution < -0.4 is 4.74 Å². The summed E-state index contributed by atoms with van der Waals surface area (Å²) in [6.07, 6.45) is 1.68. The van der Waals surface area contributed by atoms with Crippen LogP contribution in [-0.4, -0.2) is 45.7 Å². The maximum atomic E-state index is 13.8. The van der Waals surface area contributed by atoms with Crippen LogP contribution in [0.4, 0.5) is 0 Å². The normalized spacial score (nSPS) is 14.0. The first-order valence-corrected chi connectivity index (χ1v) is 13.9. The number of carbonyl (C=O) groups excluding carboxylic acids is 1. The first-order chi connectivity index (χ1) is 19.1. The SMILES string of the molecule is CCC(C(=O)N(CC)Cc1nn(-c2ccccc2)c2c1CN(Cc1ccc(OC)cc1)CC2)c1ccccc1. The highest BCUT2D eigenvalue weighted by atomic mass is 16.5. The fourth-order valence-corrected chi connectivity index (χ4v) is 5.56. The minimum atomic E-state index is -0.148. The molecule has 1 atom stereocenters. The number of nitrogens with zero attached hydrogens (tertiary/aromatic N) is 4. The van der Waals surface area contributed by atoms with Crippen LogP contribution in [0, 0.1) is 0 Å². The third kappa shape index (κ3) is 5.91. The molecular formula is C33H38N4O2. The fourth-order valence-electron chi connectivity index (χ4n) is 5.56. The van der Waals surface area contributed by atoms with Crippen molar-refractivity contribution in [1.29, 1.82) is 0 Å². The molecule has 6 nitrogen and oxygen atoms in total. The van der Waals surface area contributed by atoms with Crippen molar-refractivity contribution in [2.24, 2.45) is 0 Å². The molecule has 0 saturated heterocycles. The van der Waals surface area contributed by atoms with Crippen molar-refractivity contribution in [2.45, 2.75) is 52.2 Å². The van der Waals surface area contributed by atoms with Gasteiger partial charge in [-0.25, -0.2) is 4.68 Å². The molecule has 202 valence electrons. The molecule has 3 aromatic carbocycles. The van der Waals surface area contributed by atoms with Gasteiger partial charge in [0.25, 0.3) is 0 Å². The number of aromatic nitrogens is 2. The van der Waals surface area contributed by atoms with Crippen molar-refractivity contribution in [2.75, 3.05) is 20.2 Å². The third-order valence-corrected chi connectivity index (χ3v) is 7.73. The number of carbonyl (C=O) groups is 1. The van der Waals surface area contributed by atoms with E-state index in [1.807, 2.05) is 41.3 Å². The highest BCUT2D eigenvalue weighted by Gasteiger charge is 2.29. The summed E-state index contributed by atoms with van der Waals surface area (Å²) < 4.78 is 7.43. The lowest BCUT2D eigenvalue weighted by Crippen LogP contribution is -2.35. The fraction of sp³-hybridized carbons (Fsp3) is 0.333. The molecule has 0 N–H and O–H groups in total. The number of likely N-dealkylation sites (N-methyl/N-ethyl adjacent to an activating group) is 1. The van der Waals surface area contributed by atoms with E-state index in [9.17, 15) is 4.79 Å². The predicted molar refractivity (Wildman–Crippen MR) is 155 cm³/mol. The molecule has 0 fully saturated rings. The minimum absolute atomic E-state index is 0.148. The smallest absolute Gasteiger partial charge is 0.230 e. The van der Waals surface area contributed by atoms with E-state index in [-0.39, 0.29) is 11.8 Å². The molecule has 1 amide bonds. The topological polar surface area (TPSA) is 50.6 Å². The molecule has 1 aliphatic rings. The van der Waals surface area contributed by atoms with Crippen molar-refractivity contribution < 1.29 is 9.53 Å². The monoisotopic (exact) mass is 522 g/mol. The molecule has 0 saturated carbocycles. The number of fused-ring (bicyclic) bond motifs is 1. The Bertz CT molecular complexity index is 1370. The molecule has 1 aliphatic heterocycles. The van der Waals surface area contributed by atoms with Crippen LogP contribution >= 0.6 is 0 Å². The van der Waals surface area contributed by atoms with Gasteiger partial charge >= 0.3 is 0 Å². The van der Waals surface area contributed by atoms with Crippen molar-refractivity contribution >= 4 is 5.91 Å². The molecule has 5 rings (SSSR count). The molecule has 4 aromatic rings. The van der Waals surface area contributed by atoms with Gasteiger partial charge in [-0.05, 0) is 48.7 Å². The van der Waals surface area contributed by atoms with E-state index < -0.39 is 0 Å². The van der Waals surface area contributed by atoms with Crippen molar-refractivity contribution in [3.63, 3.8) is 0 Å². The number of amides is 1. The van der Waals surface area contributed by atoms with Gasteiger partial charge in [-0.2, -0.15) is 5.10 Å². The molecule has 0 bridgehead atoms. The summed E-state index contributed by atoms with van der Waals surface area (Å²) in [5.74, 6) is 0.890. The second kappa shape index (κ2) is 12.3. The van der Waals surface area contributed by atoms with Crippen LogP contribution in [0.3, 0.4) is 0 Å². The number of hydrogen-bond acceptors (Lipinski definition) is 4. The second-order valence-corrected chi connectivity index (χ2v) is 10.2. The van der Waals surface area contributed by atoms with E-state index in [4.69, 9.17) is 9.84 Å². The minimum Gasteiger partial charge on any atom is -0.497 e. The lowest BCUT2D eigenvalue weighted by molar-refractivity contribution is -0.133. The predicted octanol–water partition coefficient (Wildman–Crippen LogP) is 5.98. The summed E-state index contributed by atoms with van der Waals surface area (Å²) in [4.78, 5) is 18.2.